The van der Waals surface area contributed by atoms with Crippen LogP contribution in [0.5, 0.6) is 0 Å². The van der Waals surface area contributed by atoms with Crippen molar-refractivity contribution in [3.63, 3.8) is 0 Å². The van der Waals surface area contributed by atoms with Crippen LogP contribution in [0.2, 0.25) is 0 Å². The van der Waals surface area contributed by atoms with Crippen LogP contribution in [0.15, 0.2) is 6.20 Å². The molecule has 1 saturated heterocycles. The lowest BCUT2D eigenvalue weighted by atomic mass is 10.1. The van der Waals surface area contributed by atoms with E-state index in [1.54, 1.807) is 0 Å². The number of hydrogen-bond acceptors (Lipinski definition) is 3. The van der Waals surface area contributed by atoms with Crippen molar-refractivity contribution in [2.45, 2.75) is 38.2 Å². The highest BCUT2D eigenvalue weighted by atomic mass is 35.5. The Bertz CT molecular complexity index is 337. The van der Waals surface area contributed by atoms with E-state index in [0.29, 0.717) is 12.0 Å². The second-order valence-corrected chi connectivity index (χ2v) is 4.14. The molecule has 1 aromatic rings. The molecule has 2 heterocycles. The fraction of sp³-hybridized carbons (Fsp3) is 0.636. The summed E-state index contributed by atoms with van der Waals surface area (Å²) >= 11 is 5.75. The summed E-state index contributed by atoms with van der Waals surface area (Å²) in [4.78, 5) is 8.73. The number of ether oxygens (including phenoxy) is 1. The van der Waals surface area contributed by atoms with Crippen LogP contribution in [-0.2, 0) is 17.0 Å². The van der Waals surface area contributed by atoms with Crippen LogP contribution < -0.4 is 0 Å². The molecule has 1 unspecified atom stereocenters. The number of halogens is 1. The van der Waals surface area contributed by atoms with Crippen molar-refractivity contribution in [1.29, 1.82) is 0 Å². The minimum atomic E-state index is 0.311. The molecule has 0 radical (unpaired) electrons. The van der Waals surface area contributed by atoms with Gasteiger partial charge in [-0.25, -0.2) is 9.97 Å². The second kappa shape index (κ2) is 4.90. The van der Waals surface area contributed by atoms with Gasteiger partial charge in [0, 0.05) is 30.5 Å². The first-order valence-electron chi connectivity index (χ1n) is 5.28. The first-order valence-corrected chi connectivity index (χ1v) is 5.82. The van der Waals surface area contributed by atoms with E-state index in [1.807, 2.05) is 13.1 Å². The van der Waals surface area contributed by atoms with Crippen molar-refractivity contribution in [3.05, 3.63) is 23.3 Å². The number of hydrogen-bond donors (Lipinski definition) is 0. The lowest BCUT2D eigenvalue weighted by molar-refractivity contribution is 0.110. The standard InChI is InChI=1S/C11H15ClN2O/c1-8-9(6-12)7-13-11(14-8)5-10-3-2-4-15-10/h7,10H,2-6H2,1H3. The summed E-state index contributed by atoms with van der Waals surface area (Å²) in [5.41, 5.74) is 1.99. The molecular weight excluding hydrogens is 212 g/mol. The van der Waals surface area contributed by atoms with Gasteiger partial charge in [0.15, 0.2) is 0 Å². The molecule has 0 aliphatic carbocycles. The third kappa shape index (κ3) is 2.67. The number of rotatable bonds is 3. The van der Waals surface area contributed by atoms with E-state index in [-0.39, 0.29) is 0 Å². The molecule has 2 rings (SSSR count). The van der Waals surface area contributed by atoms with Crippen molar-refractivity contribution in [2.24, 2.45) is 0 Å². The fourth-order valence-electron chi connectivity index (χ4n) is 1.78. The zero-order chi connectivity index (χ0) is 10.7. The van der Waals surface area contributed by atoms with Gasteiger partial charge in [-0.05, 0) is 19.8 Å². The summed E-state index contributed by atoms with van der Waals surface area (Å²) in [5, 5.41) is 0. The van der Waals surface area contributed by atoms with Crippen LogP contribution >= 0.6 is 11.6 Å². The van der Waals surface area contributed by atoms with Crippen molar-refractivity contribution in [2.75, 3.05) is 6.61 Å². The van der Waals surface area contributed by atoms with Gasteiger partial charge in [-0.1, -0.05) is 0 Å². The van der Waals surface area contributed by atoms with Gasteiger partial charge >= 0.3 is 0 Å². The molecule has 1 atom stereocenters. The van der Waals surface area contributed by atoms with E-state index < -0.39 is 0 Å². The Kier molecular flexibility index (Phi) is 3.54. The highest BCUT2D eigenvalue weighted by Gasteiger charge is 2.17. The lowest BCUT2D eigenvalue weighted by Crippen LogP contribution is -2.12. The molecule has 82 valence electrons. The Morgan fingerprint density at radius 3 is 3.07 bits per heavy atom. The molecule has 1 aliphatic rings. The Morgan fingerprint density at radius 1 is 1.60 bits per heavy atom. The topological polar surface area (TPSA) is 35.0 Å². The normalized spacial score (nSPS) is 20.8. The van der Waals surface area contributed by atoms with Crippen LogP contribution in [0.1, 0.15) is 29.9 Å². The summed E-state index contributed by atoms with van der Waals surface area (Å²) in [6.45, 7) is 2.85. The molecule has 3 nitrogen and oxygen atoms in total. The number of aryl methyl sites for hydroxylation is 1. The minimum Gasteiger partial charge on any atom is -0.378 e. The zero-order valence-electron chi connectivity index (χ0n) is 8.87. The highest BCUT2D eigenvalue weighted by molar-refractivity contribution is 6.17. The SMILES string of the molecule is Cc1nc(CC2CCCO2)ncc1CCl. The third-order valence-electron chi connectivity index (χ3n) is 2.71. The van der Waals surface area contributed by atoms with Crippen LogP contribution in [0.3, 0.4) is 0 Å². The van der Waals surface area contributed by atoms with E-state index in [0.717, 1.165) is 43.0 Å². The van der Waals surface area contributed by atoms with Crippen LogP contribution in [0.25, 0.3) is 0 Å². The Morgan fingerprint density at radius 2 is 2.47 bits per heavy atom. The average molecular weight is 227 g/mol. The summed E-state index contributed by atoms with van der Waals surface area (Å²) in [6, 6.07) is 0. The van der Waals surface area contributed by atoms with Gasteiger partial charge in [-0.3, -0.25) is 0 Å². The van der Waals surface area contributed by atoms with Crippen molar-refractivity contribution < 1.29 is 4.74 Å². The van der Waals surface area contributed by atoms with Crippen molar-refractivity contribution >= 4 is 11.6 Å². The van der Waals surface area contributed by atoms with Crippen molar-refractivity contribution in [3.8, 4) is 0 Å². The Labute approximate surface area is 94.8 Å². The van der Waals surface area contributed by atoms with E-state index in [1.165, 1.54) is 0 Å². The molecule has 1 aliphatic heterocycles. The third-order valence-corrected chi connectivity index (χ3v) is 3.00. The Hall–Kier alpha value is -0.670. The van der Waals surface area contributed by atoms with Gasteiger partial charge in [0.25, 0.3) is 0 Å². The molecule has 0 bridgehead atoms. The predicted octanol–water partition coefficient (Wildman–Crippen LogP) is 2.25. The monoisotopic (exact) mass is 226 g/mol. The van der Waals surface area contributed by atoms with Gasteiger partial charge in [0.1, 0.15) is 5.82 Å². The zero-order valence-corrected chi connectivity index (χ0v) is 9.63. The van der Waals surface area contributed by atoms with Gasteiger partial charge in [-0.15, -0.1) is 11.6 Å². The number of alkyl halides is 1. The van der Waals surface area contributed by atoms with E-state index >= 15 is 0 Å². The summed E-state index contributed by atoms with van der Waals surface area (Å²) in [5.74, 6) is 1.35. The Balaban J connectivity index is 2.05. The van der Waals surface area contributed by atoms with Gasteiger partial charge < -0.3 is 4.74 Å². The maximum Gasteiger partial charge on any atom is 0.131 e. The lowest BCUT2D eigenvalue weighted by Gasteiger charge is -2.09. The predicted molar refractivity (Wildman–Crippen MR) is 59.0 cm³/mol. The first kappa shape index (κ1) is 10.8. The molecule has 0 saturated carbocycles. The van der Waals surface area contributed by atoms with E-state index in [9.17, 15) is 0 Å². The van der Waals surface area contributed by atoms with E-state index in [4.69, 9.17) is 16.3 Å². The fourth-order valence-corrected chi connectivity index (χ4v) is 2.04. The quantitative estimate of drug-likeness (QED) is 0.742. The van der Waals surface area contributed by atoms with Gasteiger partial charge in [0.2, 0.25) is 0 Å². The molecule has 0 spiro atoms. The van der Waals surface area contributed by atoms with Crippen LogP contribution in [0.4, 0.5) is 0 Å². The molecule has 0 aromatic carbocycles. The average Bonchev–Trinajstić information content (AvgIpc) is 2.71. The molecular formula is C11H15ClN2O. The van der Waals surface area contributed by atoms with E-state index in [2.05, 4.69) is 9.97 Å². The van der Waals surface area contributed by atoms with Gasteiger partial charge in [-0.2, -0.15) is 0 Å². The summed E-state index contributed by atoms with van der Waals surface area (Å²) < 4.78 is 5.55. The second-order valence-electron chi connectivity index (χ2n) is 3.87. The highest BCUT2D eigenvalue weighted by Crippen LogP contribution is 2.16. The summed E-state index contributed by atoms with van der Waals surface area (Å²) in [7, 11) is 0. The largest absolute Gasteiger partial charge is 0.378 e. The minimum absolute atomic E-state index is 0.311. The smallest absolute Gasteiger partial charge is 0.131 e. The van der Waals surface area contributed by atoms with Gasteiger partial charge in [0.05, 0.1) is 12.0 Å². The molecule has 0 amide bonds. The maximum absolute atomic E-state index is 5.75. The molecule has 15 heavy (non-hydrogen) atoms. The van der Waals surface area contributed by atoms with Crippen molar-refractivity contribution in [1.82, 2.24) is 9.97 Å². The number of nitrogens with zero attached hydrogens (tertiary/aromatic N) is 2. The molecule has 0 N–H and O–H groups in total. The first-order chi connectivity index (χ1) is 7.29. The molecule has 4 heteroatoms. The molecule has 1 fully saturated rings. The van der Waals surface area contributed by atoms with Crippen LogP contribution in [0, 0.1) is 6.92 Å². The van der Waals surface area contributed by atoms with Crippen LogP contribution in [-0.4, -0.2) is 22.7 Å². The maximum atomic E-state index is 5.75. The molecule has 1 aromatic heterocycles. The summed E-state index contributed by atoms with van der Waals surface area (Å²) in [6.07, 6.45) is 5.23. The number of aromatic nitrogens is 2.